The summed E-state index contributed by atoms with van der Waals surface area (Å²) < 4.78 is 8.72. The van der Waals surface area contributed by atoms with Gasteiger partial charge < -0.3 is 20.9 Å². The molecule has 0 aliphatic heterocycles. The van der Waals surface area contributed by atoms with E-state index in [1.165, 1.54) is 7.11 Å². The molecule has 0 aromatic carbocycles. The van der Waals surface area contributed by atoms with Gasteiger partial charge in [0.2, 0.25) is 0 Å². The maximum absolute atomic E-state index is 11.6. The average Bonchev–Trinajstić information content (AvgIpc) is 2.61. The fourth-order valence-electron chi connectivity index (χ4n) is 1.21. The highest BCUT2D eigenvalue weighted by molar-refractivity contribution is 7.11. The zero-order chi connectivity index (χ0) is 13.0. The third-order valence-electron chi connectivity index (χ3n) is 2.10. The molecule has 1 amide bonds. The molecule has 1 heterocycles. The van der Waals surface area contributed by atoms with E-state index in [1.807, 2.05) is 0 Å². The summed E-state index contributed by atoms with van der Waals surface area (Å²) in [5.41, 5.74) is 5.68. The van der Waals surface area contributed by atoms with Crippen LogP contribution >= 0.6 is 11.5 Å². The predicted molar refractivity (Wildman–Crippen MR) is 62.3 cm³/mol. The van der Waals surface area contributed by atoms with Crippen molar-refractivity contribution in [2.45, 2.75) is 13.0 Å². The highest BCUT2D eigenvalue weighted by Gasteiger charge is 2.22. The Morgan fingerprint density at radius 1 is 1.65 bits per heavy atom. The molecule has 0 aliphatic carbocycles. The second-order valence-electron chi connectivity index (χ2n) is 3.23. The van der Waals surface area contributed by atoms with Crippen LogP contribution in [0.5, 0.6) is 0 Å². The SMILES string of the molecule is COC(CN)C(=O)Nc1snc(C)c1C(=O)O. The number of carboxylic acids is 1. The molecule has 0 fully saturated rings. The molecule has 0 aliphatic rings. The van der Waals surface area contributed by atoms with Crippen LogP contribution < -0.4 is 11.1 Å². The van der Waals surface area contributed by atoms with Crippen molar-refractivity contribution in [3.05, 3.63) is 11.3 Å². The fraction of sp³-hybridized carbons (Fsp3) is 0.444. The van der Waals surface area contributed by atoms with E-state index in [0.29, 0.717) is 5.69 Å². The Labute approximate surface area is 102 Å². The monoisotopic (exact) mass is 259 g/mol. The Morgan fingerprint density at radius 2 is 2.29 bits per heavy atom. The molecule has 8 heteroatoms. The molecule has 0 bridgehead atoms. The molecule has 0 spiro atoms. The standard InChI is InChI=1S/C9H13N3O4S/c1-4-6(9(14)15)8(17-12-4)11-7(13)5(3-10)16-2/h5H,3,10H2,1-2H3,(H,11,13)(H,14,15). The van der Waals surface area contributed by atoms with Crippen LogP contribution in [-0.2, 0) is 9.53 Å². The number of anilines is 1. The minimum Gasteiger partial charge on any atom is -0.478 e. The quantitative estimate of drug-likeness (QED) is 0.689. The number of aryl methyl sites for hydroxylation is 1. The zero-order valence-corrected chi connectivity index (χ0v) is 10.2. The number of aromatic nitrogens is 1. The van der Waals surface area contributed by atoms with E-state index < -0.39 is 18.0 Å². The molecule has 0 radical (unpaired) electrons. The summed E-state index contributed by atoms with van der Waals surface area (Å²) in [6.07, 6.45) is -0.806. The van der Waals surface area contributed by atoms with E-state index in [9.17, 15) is 9.59 Å². The minimum absolute atomic E-state index is 0.00442. The number of amides is 1. The van der Waals surface area contributed by atoms with Crippen LogP contribution in [-0.4, -0.2) is 41.1 Å². The van der Waals surface area contributed by atoms with E-state index in [4.69, 9.17) is 15.6 Å². The Bertz CT molecular complexity index is 428. The Hall–Kier alpha value is -1.51. The maximum atomic E-state index is 11.6. The average molecular weight is 259 g/mol. The van der Waals surface area contributed by atoms with Crippen molar-refractivity contribution < 1.29 is 19.4 Å². The molecule has 4 N–H and O–H groups in total. The van der Waals surface area contributed by atoms with Gasteiger partial charge in [-0.3, -0.25) is 4.79 Å². The van der Waals surface area contributed by atoms with Crippen LogP contribution in [0.3, 0.4) is 0 Å². The van der Waals surface area contributed by atoms with Crippen molar-refractivity contribution in [2.75, 3.05) is 19.0 Å². The van der Waals surface area contributed by atoms with Crippen molar-refractivity contribution in [3.63, 3.8) is 0 Å². The van der Waals surface area contributed by atoms with Crippen molar-refractivity contribution in [3.8, 4) is 0 Å². The molecule has 7 nitrogen and oxygen atoms in total. The second-order valence-corrected chi connectivity index (χ2v) is 4.00. The van der Waals surface area contributed by atoms with Gasteiger partial charge in [-0.25, -0.2) is 4.79 Å². The summed E-state index contributed by atoms with van der Waals surface area (Å²) in [7, 11) is 1.35. The number of carboxylic acid groups (broad SMARTS) is 1. The normalized spacial score (nSPS) is 12.2. The highest BCUT2D eigenvalue weighted by atomic mass is 32.1. The molecule has 17 heavy (non-hydrogen) atoms. The summed E-state index contributed by atoms with van der Waals surface area (Å²) >= 11 is 0.912. The Morgan fingerprint density at radius 3 is 2.76 bits per heavy atom. The lowest BCUT2D eigenvalue weighted by molar-refractivity contribution is -0.125. The van der Waals surface area contributed by atoms with E-state index in [1.54, 1.807) is 6.92 Å². The number of nitrogens with one attached hydrogen (secondary N) is 1. The first-order valence-electron chi connectivity index (χ1n) is 4.74. The largest absolute Gasteiger partial charge is 0.478 e. The zero-order valence-electron chi connectivity index (χ0n) is 9.39. The smallest absolute Gasteiger partial charge is 0.340 e. The van der Waals surface area contributed by atoms with Crippen molar-refractivity contribution in [2.24, 2.45) is 5.73 Å². The van der Waals surface area contributed by atoms with Crippen molar-refractivity contribution in [1.82, 2.24) is 4.37 Å². The first-order chi connectivity index (χ1) is 8.01. The van der Waals surface area contributed by atoms with Gasteiger partial charge >= 0.3 is 5.97 Å². The molecule has 1 rings (SSSR count). The lowest BCUT2D eigenvalue weighted by Crippen LogP contribution is -2.36. The molecule has 0 saturated carbocycles. The lowest BCUT2D eigenvalue weighted by Gasteiger charge is -2.12. The number of ether oxygens (including phenoxy) is 1. The van der Waals surface area contributed by atoms with E-state index in [2.05, 4.69) is 9.69 Å². The minimum atomic E-state index is -1.13. The van der Waals surface area contributed by atoms with Crippen LogP contribution in [0.15, 0.2) is 0 Å². The number of hydrogen-bond acceptors (Lipinski definition) is 6. The van der Waals surface area contributed by atoms with Gasteiger partial charge in [0.15, 0.2) is 0 Å². The number of methoxy groups -OCH3 is 1. The van der Waals surface area contributed by atoms with E-state index in [0.717, 1.165) is 11.5 Å². The second kappa shape index (κ2) is 5.71. The lowest BCUT2D eigenvalue weighted by atomic mass is 10.2. The predicted octanol–water partition coefficient (Wildman–Crippen LogP) is 0.0619. The van der Waals surface area contributed by atoms with Gasteiger partial charge in [-0.15, -0.1) is 0 Å². The molecule has 94 valence electrons. The highest BCUT2D eigenvalue weighted by Crippen LogP contribution is 2.24. The molecular formula is C9H13N3O4S. The van der Waals surface area contributed by atoms with Gasteiger partial charge in [-0.05, 0) is 18.5 Å². The molecular weight excluding hydrogens is 246 g/mol. The molecule has 0 saturated heterocycles. The third kappa shape index (κ3) is 2.99. The van der Waals surface area contributed by atoms with Gasteiger partial charge in [0.25, 0.3) is 5.91 Å². The van der Waals surface area contributed by atoms with Gasteiger partial charge in [0.1, 0.15) is 16.7 Å². The summed E-state index contributed by atoms with van der Waals surface area (Å²) in [5, 5.41) is 11.6. The summed E-state index contributed by atoms with van der Waals surface area (Å²) in [4.78, 5) is 22.6. The van der Waals surface area contributed by atoms with Crippen molar-refractivity contribution in [1.29, 1.82) is 0 Å². The van der Waals surface area contributed by atoms with Gasteiger partial charge in [0, 0.05) is 13.7 Å². The number of carbonyl (C=O) groups excluding carboxylic acids is 1. The van der Waals surface area contributed by atoms with Crippen LogP contribution in [0.4, 0.5) is 5.00 Å². The molecule has 1 atom stereocenters. The third-order valence-corrected chi connectivity index (χ3v) is 2.96. The number of nitrogens with two attached hydrogens (primary N) is 1. The van der Waals surface area contributed by atoms with Crippen LogP contribution in [0.1, 0.15) is 16.1 Å². The first-order valence-corrected chi connectivity index (χ1v) is 5.51. The number of nitrogens with zero attached hydrogens (tertiary/aromatic N) is 1. The molecule has 1 aromatic rings. The Kier molecular flexibility index (Phi) is 4.55. The number of carbonyl (C=O) groups is 2. The number of hydrogen-bond donors (Lipinski definition) is 3. The summed E-state index contributed by atoms with van der Waals surface area (Å²) in [5.74, 6) is -1.62. The number of rotatable bonds is 5. The van der Waals surface area contributed by atoms with Crippen LogP contribution in [0.25, 0.3) is 0 Å². The molecule has 1 aromatic heterocycles. The first kappa shape index (κ1) is 13.6. The summed E-state index contributed by atoms with van der Waals surface area (Å²) in [6.45, 7) is 1.58. The van der Waals surface area contributed by atoms with Crippen molar-refractivity contribution >= 4 is 28.4 Å². The maximum Gasteiger partial charge on any atom is 0.340 e. The van der Waals surface area contributed by atoms with Crippen LogP contribution in [0, 0.1) is 6.92 Å². The van der Waals surface area contributed by atoms with E-state index in [-0.39, 0.29) is 17.1 Å². The Balaban J connectivity index is 2.89. The topological polar surface area (TPSA) is 115 Å². The summed E-state index contributed by atoms with van der Waals surface area (Å²) in [6, 6.07) is 0. The fourth-order valence-corrected chi connectivity index (χ4v) is 2.00. The molecule has 1 unspecified atom stereocenters. The van der Waals surface area contributed by atoms with Gasteiger partial charge in [-0.1, -0.05) is 0 Å². The van der Waals surface area contributed by atoms with Gasteiger partial charge in [-0.2, -0.15) is 4.37 Å². The van der Waals surface area contributed by atoms with Crippen LogP contribution in [0.2, 0.25) is 0 Å². The van der Waals surface area contributed by atoms with E-state index >= 15 is 0 Å². The van der Waals surface area contributed by atoms with Gasteiger partial charge in [0.05, 0.1) is 5.69 Å². The number of aromatic carboxylic acids is 1.